The molecule has 1 aromatic rings. The number of carboxylic acids is 1. The third-order valence-corrected chi connectivity index (χ3v) is 2.81. The molecule has 0 aliphatic heterocycles. The molecule has 3 nitrogen and oxygen atoms in total. The summed E-state index contributed by atoms with van der Waals surface area (Å²) >= 11 is 1.52. The Balaban J connectivity index is 3.02. The first-order chi connectivity index (χ1) is 7.17. The van der Waals surface area contributed by atoms with E-state index < -0.39 is 5.97 Å². The van der Waals surface area contributed by atoms with E-state index in [0.29, 0.717) is 6.42 Å². The Morgan fingerprint density at radius 2 is 2.33 bits per heavy atom. The molecule has 0 fully saturated rings. The van der Waals surface area contributed by atoms with Gasteiger partial charge in [-0.2, -0.15) is 5.26 Å². The second-order valence-electron chi connectivity index (χ2n) is 3.05. The van der Waals surface area contributed by atoms with Gasteiger partial charge in [-0.15, -0.1) is 11.8 Å². The summed E-state index contributed by atoms with van der Waals surface area (Å²) in [6.07, 6.45) is 2.24. The highest BCUT2D eigenvalue weighted by Gasteiger charge is 2.07. The molecule has 1 N–H and O–H groups in total. The van der Waals surface area contributed by atoms with Crippen molar-refractivity contribution < 1.29 is 9.90 Å². The number of carboxylic acid groups (broad SMARTS) is 1. The summed E-state index contributed by atoms with van der Waals surface area (Å²) in [5.74, 6) is -0.848. The smallest absolute Gasteiger partial charge is 0.307 e. The molecule has 1 aromatic carbocycles. The third-order valence-electron chi connectivity index (χ3n) is 1.97. The van der Waals surface area contributed by atoms with Crippen molar-refractivity contribution in [3.05, 3.63) is 29.3 Å². The van der Waals surface area contributed by atoms with Gasteiger partial charge in [-0.3, -0.25) is 4.79 Å². The largest absolute Gasteiger partial charge is 0.481 e. The fraction of sp³-hybridized carbons (Fsp3) is 0.273. The van der Waals surface area contributed by atoms with Crippen LogP contribution in [0.4, 0.5) is 0 Å². The topological polar surface area (TPSA) is 61.1 Å². The van der Waals surface area contributed by atoms with Crippen molar-refractivity contribution in [2.45, 2.75) is 17.7 Å². The number of nitriles is 1. The van der Waals surface area contributed by atoms with Crippen LogP contribution < -0.4 is 0 Å². The van der Waals surface area contributed by atoms with E-state index in [2.05, 4.69) is 0 Å². The molecule has 0 aliphatic carbocycles. The highest BCUT2D eigenvalue weighted by Crippen LogP contribution is 2.22. The third kappa shape index (κ3) is 3.30. The highest BCUT2D eigenvalue weighted by atomic mass is 32.2. The van der Waals surface area contributed by atoms with Crippen LogP contribution in [0.5, 0.6) is 0 Å². The summed E-state index contributed by atoms with van der Waals surface area (Å²) in [7, 11) is 0. The lowest BCUT2D eigenvalue weighted by Gasteiger charge is -2.06. The minimum absolute atomic E-state index is 0.00937. The first-order valence-electron chi connectivity index (χ1n) is 4.42. The minimum Gasteiger partial charge on any atom is -0.481 e. The van der Waals surface area contributed by atoms with Crippen molar-refractivity contribution >= 4 is 17.7 Å². The van der Waals surface area contributed by atoms with Crippen LogP contribution in [-0.4, -0.2) is 17.3 Å². The maximum atomic E-state index is 10.6. The molecular formula is C11H11NO2S. The molecule has 0 heterocycles. The molecule has 0 spiro atoms. The lowest BCUT2D eigenvalue weighted by atomic mass is 10.1. The first-order valence-corrected chi connectivity index (χ1v) is 5.64. The predicted molar refractivity (Wildman–Crippen MR) is 58.9 cm³/mol. The van der Waals surface area contributed by atoms with Crippen LogP contribution in [0, 0.1) is 11.3 Å². The summed E-state index contributed by atoms with van der Waals surface area (Å²) in [6.45, 7) is 0. The second-order valence-corrected chi connectivity index (χ2v) is 3.90. The van der Waals surface area contributed by atoms with E-state index in [1.807, 2.05) is 24.5 Å². The molecule has 15 heavy (non-hydrogen) atoms. The first kappa shape index (κ1) is 11.6. The van der Waals surface area contributed by atoms with E-state index in [0.717, 1.165) is 16.0 Å². The van der Waals surface area contributed by atoms with Gasteiger partial charge in [0.05, 0.1) is 18.9 Å². The van der Waals surface area contributed by atoms with Crippen LogP contribution in [0.1, 0.15) is 11.1 Å². The Morgan fingerprint density at radius 3 is 2.87 bits per heavy atom. The number of nitrogens with zero attached hydrogens (tertiary/aromatic N) is 1. The van der Waals surface area contributed by atoms with Crippen molar-refractivity contribution in [1.82, 2.24) is 0 Å². The average Bonchev–Trinajstić information content (AvgIpc) is 2.18. The van der Waals surface area contributed by atoms with Crippen molar-refractivity contribution in [2.24, 2.45) is 0 Å². The second kappa shape index (κ2) is 5.42. The summed E-state index contributed by atoms with van der Waals surface area (Å²) in [5, 5.41) is 17.3. The minimum atomic E-state index is -0.848. The summed E-state index contributed by atoms with van der Waals surface area (Å²) < 4.78 is 0. The fourth-order valence-electron chi connectivity index (χ4n) is 1.33. The number of aliphatic carboxylic acids is 1. The quantitative estimate of drug-likeness (QED) is 0.791. The van der Waals surface area contributed by atoms with Crippen molar-refractivity contribution in [3.8, 4) is 6.07 Å². The van der Waals surface area contributed by atoms with Crippen LogP contribution in [-0.2, 0) is 17.6 Å². The van der Waals surface area contributed by atoms with Gasteiger partial charge in [0.1, 0.15) is 0 Å². The molecule has 0 aromatic heterocycles. The summed E-state index contributed by atoms with van der Waals surface area (Å²) in [4.78, 5) is 11.6. The normalized spacial score (nSPS) is 9.60. The van der Waals surface area contributed by atoms with Crippen LogP contribution in [0.3, 0.4) is 0 Å². The Labute approximate surface area is 92.7 Å². The standard InChI is InChI=1S/C11H11NO2S/c1-15-10-3-2-8(4-5-12)6-9(10)7-11(13)14/h2-3,6H,4,7H2,1H3,(H,13,14). The highest BCUT2D eigenvalue weighted by molar-refractivity contribution is 7.98. The Kier molecular flexibility index (Phi) is 4.19. The van der Waals surface area contributed by atoms with Crippen LogP contribution in [0.25, 0.3) is 0 Å². The molecule has 4 heteroatoms. The molecule has 1 rings (SSSR count). The van der Waals surface area contributed by atoms with Crippen molar-refractivity contribution in [2.75, 3.05) is 6.26 Å². The fourth-order valence-corrected chi connectivity index (χ4v) is 1.93. The SMILES string of the molecule is CSc1ccc(CC#N)cc1CC(=O)O. The van der Waals surface area contributed by atoms with Gasteiger partial charge in [0.25, 0.3) is 0 Å². The number of benzene rings is 1. The molecule has 0 atom stereocenters. The molecule has 0 bridgehead atoms. The number of hydrogen-bond acceptors (Lipinski definition) is 3. The molecular weight excluding hydrogens is 210 g/mol. The maximum Gasteiger partial charge on any atom is 0.307 e. The molecule has 0 saturated heterocycles. The van der Waals surface area contributed by atoms with Gasteiger partial charge in [0.2, 0.25) is 0 Å². The lowest BCUT2D eigenvalue weighted by molar-refractivity contribution is -0.136. The van der Waals surface area contributed by atoms with Crippen LogP contribution >= 0.6 is 11.8 Å². The average molecular weight is 221 g/mol. The maximum absolute atomic E-state index is 10.6. The van der Waals surface area contributed by atoms with Crippen LogP contribution in [0.15, 0.2) is 23.1 Å². The van der Waals surface area contributed by atoms with E-state index in [9.17, 15) is 4.79 Å². The molecule has 0 saturated carbocycles. The van der Waals surface area contributed by atoms with E-state index in [-0.39, 0.29) is 6.42 Å². The van der Waals surface area contributed by atoms with Crippen molar-refractivity contribution in [3.63, 3.8) is 0 Å². The number of thioether (sulfide) groups is 1. The monoisotopic (exact) mass is 221 g/mol. The zero-order valence-electron chi connectivity index (χ0n) is 8.36. The Hall–Kier alpha value is -1.47. The lowest BCUT2D eigenvalue weighted by Crippen LogP contribution is -2.02. The van der Waals surface area contributed by atoms with Crippen molar-refractivity contribution in [1.29, 1.82) is 5.26 Å². The van der Waals surface area contributed by atoms with Gasteiger partial charge in [-0.25, -0.2) is 0 Å². The van der Waals surface area contributed by atoms with Crippen LogP contribution in [0.2, 0.25) is 0 Å². The summed E-state index contributed by atoms with van der Waals surface area (Å²) in [5.41, 5.74) is 1.65. The number of rotatable bonds is 4. The van der Waals surface area contributed by atoms with E-state index >= 15 is 0 Å². The van der Waals surface area contributed by atoms with Gasteiger partial charge >= 0.3 is 5.97 Å². The predicted octanol–water partition coefficient (Wildman–Crippen LogP) is 2.10. The van der Waals surface area contributed by atoms with Gasteiger partial charge in [-0.05, 0) is 23.4 Å². The molecule has 0 amide bonds. The van der Waals surface area contributed by atoms with Gasteiger partial charge < -0.3 is 5.11 Å². The molecule has 0 unspecified atom stereocenters. The van der Waals surface area contributed by atoms with E-state index in [1.165, 1.54) is 11.8 Å². The zero-order valence-corrected chi connectivity index (χ0v) is 9.17. The molecule has 78 valence electrons. The van der Waals surface area contributed by atoms with E-state index in [1.54, 1.807) is 6.07 Å². The zero-order chi connectivity index (χ0) is 11.3. The van der Waals surface area contributed by atoms with Gasteiger partial charge in [0.15, 0.2) is 0 Å². The van der Waals surface area contributed by atoms with Gasteiger partial charge in [-0.1, -0.05) is 12.1 Å². The molecule has 0 aliphatic rings. The number of carbonyl (C=O) groups is 1. The Morgan fingerprint density at radius 1 is 1.60 bits per heavy atom. The number of hydrogen-bond donors (Lipinski definition) is 1. The molecule has 0 radical (unpaired) electrons. The Bertz CT molecular complexity index is 410. The van der Waals surface area contributed by atoms with E-state index in [4.69, 9.17) is 10.4 Å². The summed E-state index contributed by atoms with van der Waals surface area (Å²) in [6, 6.07) is 7.57. The van der Waals surface area contributed by atoms with Gasteiger partial charge in [0, 0.05) is 4.90 Å².